The molecule has 0 atom stereocenters. The first-order valence-electron chi connectivity index (χ1n) is 9.29. The SMILES string of the molecule is Cc1cc2c(N3CCCc4ncc(F)cc43)cc(OCCO)cc2n(C)c1=O. The van der Waals surface area contributed by atoms with Crippen LogP contribution in [0.15, 0.2) is 35.3 Å². The van der Waals surface area contributed by atoms with Crippen molar-refractivity contribution >= 4 is 22.3 Å². The zero-order valence-electron chi connectivity index (χ0n) is 15.9. The van der Waals surface area contributed by atoms with Crippen LogP contribution in [-0.2, 0) is 13.5 Å². The molecule has 28 heavy (non-hydrogen) atoms. The summed E-state index contributed by atoms with van der Waals surface area (Å²) in [6.45, 7) is 2.53. The minimum Gasteiger partial charge on any atom is -0.491 e. The highest BCUT2D eigenvalue weighted by Gasteiger charge is 2.23. The van der Waals surface area contributed by atoms with Crippen LogP contribution in [0.3, 0.4) is 0 Å². The van der Waals surface area contributed by atoms with Gasteiger partial charge in [-0.2, -0.15) is 0 Å². The summed E-state index contributed by atoms with van der Waals surface area (Å²) in [5, 5.41) is 10.00. The second-order valence-corrected chi connectivity index (χ2v) is 7.01. The predicted octanol–water partition coefficient (Wildman–Crippen LogP) is 2.84. The van der Waals surface area contributed by atoms with Gasteiger partial charge in [0.25, 0.3) is 5.56 Å². The summed E-state index contributed by atoms with van der Waals surface area (Å²) < 4.78 is 21.2. The molecule has 6 nitrogen and oxygen atoms in total. The molecule has 0 saturated carbocycles. The third-order valence-electron chi connectivity index (χ3n) is 5.12. The maximum absolute atomic E-state index is 13.9. The van der Waals surface area contributed by atoms with Gasteiger partial charge >= 0.3 is 0 Å². The molecule has 4 rings (SSSR count). The van der Waals surface area contributed by atoms with Crippen molar-refractivity contribution in [1.82, 2.24) is 9.55 Å². The number of benzene rings is 1. The average molecular weight is 383 g/mol. The average Bonchev–Trinajstić information content (AvgIpc) is 2.70. The van der Waals surface area contributed by atoms with Gasteiger partial charge < -0.3 is 19.3 Å². The number of rotatable bonds is 4. The number of ether oxygens (including phenoxy) is 1. The molecule has 2 aromatic heterocycles. The number of aromatic nitrogens is 2. The number of fused-ring (bicyclic) bond motifs is 2. The van der Waals surface area contributed by atoms with Gasteiger partial charge in [-0.15, -0.1) is 0 Å². The van der Waals surface area contributed by atoms with Gasteiger partial charge in [0.15, 0.2) is 0 Å². The standard InChI is InChI=1S/C21H22FN3O3/c1-13-8-16-18(24(2)21(13)27)10-15(28-7-6-26)11-19(16)25-5-3-4-17-20(25)9-14(22)12-23-17/h8-12,26H,3-7H2,1-2H3. The quantitative estimate of drug-likeness (QED) is 0.750. The van der Waals surface area contributed by atoms with E-state index in [2.05, 4.69) is 4.98 Å². The van der Waals surface area contributed by atoms with E-state index < -0.39 is 0 Å². The van der Waals surface area contributed by atoms with E-state index in [1.54, 1.807) is 24.6 Å². The first-order valence-corrected chi connectivity index (χ1v) is 9.29. The Hall–Kier alpha value is -2.93. The topological polar surface area (TPSA) is 67.6 Å². The molecule has 0 unspecified atom stereocenters. The molecule has 0 radical (unpaired) electrons. The molecule has 0 bridgehead atoms. The van der Waals surface area contributed by atoms with Gasteiger partial charge in [-0.3, -0.25) is 9.78 Å². The summed E-state index contributed by atoms with van der Waals surface area (Å²) in [6, 6.07) is 7.04. The lowest BCUT2D eigenvalue weighted by atomic mass is 10.0. The Morgan fingerprint density at radius 2 is 2.07 bits per heavy atom. The van der Waals surface area contributed by atoms with Crippen molar-refractivity contribution in [3.63, 3.8) is 0 Å². The van der Waals surface area contributed by atoms with Gasteiger partial charge in [0, 0.05) is 42.7 Å². The van der Waals surface area contributed by atoms with Crippen LogP contribution in [0.4, 0.5) is 15.8 Å². The smallest absolute Gasteiger partial charge is 0.253 e. The second kappa shape index (κ2) is 7.24. The van der Waals surface area contributed by atoms with Crippen molar-refractivity contribution < 1.29 is 14.2 Å². The molecule has 7 heteroatoms. The summed E-state index contributed by atoms with van der Waals surface area (Å²) in [5.41, 5.74) is 3.69. The molecule has 1 aromatic carbocycles. The normalized spacial score (nSPS) is 13.6. The summed E-state index contributed by atoms with van der Waals surface area (Å²) >= 11 is 0. The number of aliphatic hydroxyl groups is 1. The zero-order chi connectivity index (χ0) is 19.8. The number of hydrogen-bond acceptors (Lipinski definition) is 5. The summed E-state index contributed by atoms with van der Waals surface area (Å²) in [4.78, 5) is 18.7. The largest absolute Gasteiger partial charge is 0.491 e. The van der Waals surface area contributed by atoms with Crippen LogP contribution >= 0.6 is 0 Å². The molecule has 1 aliphatic heterocycles. The zero-order valence-corrected chi connectivity index (χ0v) is 15.9. The van der Waals surface area contributed by atoms with Gasteiger partial charge in [-0.05, 0) is 25.8 Å². The van der Waals surface area contributed by atoms with Crippen molar-refractivity contribution in [2.45, 2.75) is 19.8 Å². The molecule has 1 aliphatic rings. The van der Waals surface area contributed by atoms with E-state index in [1.165, 1.54) is 12.3 Å². The number of halogens is 1. The number of pyridine rings is 2. The van der Waals surface area contributed by atoms with E-state index in [1.807, 2.05) is 17.0 Å². The summed E-state index contributed by atoms with van der Waals surface area (Å²) in [6.07, 6.45) is 2.93. The molecule has 0 spiro atoms. The third kappa shape index (κ3) is 3.11. The molecule has 0 fully saturated rings. The summed E-state index contributed by atoms with van der Waals surface area (Å²) in [7, 11) is 1.72. The number of aryl methyl sites for hydroxylation is 3. The van der Waals surface area contributed by atoms with Gasteiger partial charge in [-0.1, -0.05) is 0 Å². The molecule has 0 amide bonds. The van der Waals surface area contributed by atoms with E-state index in [0.717, 1.165) is 40.8 Å². The lowest BCUT2D eigenvalue weighted by molar-refractivity contribution is 0.201. The molecular formula is C21H22FN3O3. The molecule has 3 aromatic rings. The van der Waals surface area contributed by atoms with Crippen LogP contribution in [0.2, 0.25) is 0 Å². The van der Waals surface area contributed by atoms with Gasteiger partial charge in [0.1, 0.15) is 18.2 Å². The van der Waals surface area contributed by atoms with E-state index in [-0.39, 0.29) is 24.6 Å². The maximum Gasteiger partial charge on any atom is 0.253 e. The highest BCUT2D eigenvalue weighted by atomic mass is 19.1. The fourth-order valence-electron chi connectivity index (χ4n) is 3.80. The Morgan fingerprint density at radius 3 is 2.86 bits per heavy atom. The Balaban J connectivity index is 1.98. The van der Waals surface area contributed by atoms with Crippen LogP contribution in [0.1, 0.15) is 17.7 Å². The second-order valence-electron chi connectivity index (χ2n) is 7.01. The van der Waals surface area contributed by atoms with E-state index in [4.69, 9.17) is 9.84 Å². The molecule has 0 aliphatic carbocycles. The lowest BCUT2D eigenvalue weighted by Gasteiger charge is -2.32. The Kier molecular flexibility index (Phi) is 4.77. The molecule has 3 heterocycles. The highest BCUT2D eigenvalue weighted by Crippen LogP contribution is 2.39. The molecule has 1 N–H and O–H groups in total. The van der Waals surface area contributed by atoms with Crippen molar-refractivity contribution in [3.05, 3.63) is 57.9 Å². The van der Waals surface area contributed by atoms with E-state index in [9.17, 15) is 9.18 Å². The Labute approximate surface area is 161 Å². The van der Waals surface area contributed by atoms with Gasteiger partial charge in [0.2, 0.25) is 0 Å². The summed E-state index contributed by atoms with van der Waals surface area (Å²) in [5.74, 6) is 0.165. The Bertz CT molecular complexity index is 1110. The Morgan fingerprint density at radius 1 is 1.25 bits per heavy atom. The fraction of sp³-hybridized carbons (Fsp3) is 0.333. The molecule has 0 saturated heterocycles. The van der Waals surface area contributed by atoms with Crippen molar-refractivity contribution in [2.75, 3.05) is 24.7 Å². The monoisotopic (exact) mass is 383 g/mol. The van der Waals surface area contributed by atoms with Crippen LogP contribution in [0.25, 0.3) is 10.9 Å². The third-order valence-corrected chi connectivity index (χ3v) is 5.12. The number of nitrogens with zero attached hydrogens (tertiary/aromatic N) is 3. The molecule has 146 valence electrons. The van der Waals surface area contributed by atoms with Gasteiger partial charge in [-0.25, -0.2) is 4.39 Å². The minimum absolute atomic E-state index is 0.0792. The minimum atomic E-state index is -0.383. The first kappa shape index (κ1) is 18.4. The van der Waals surface area contributed by atoms with Crippen molar-refractivity contribution in [3.8, 4) is 5.75 Å². The van der Waals surface area contributed by atoms with Crippen LogP contribution in [0.5, 0.6) is 5.75 Å². The van der Waals surface area contributed by atoms with Gasteiger partial charge in [0.05, 0.1) is 35.4 Å². The van der Waals surface area contributed by atoms with Crippen LogP contribution in [0, 0.1) is 12.7 Å². The van der Waals surface area contributed by atoms with E-state index >= 15 is 0 Å². The number of hydrogen-bond donors (Lipinski definition) is 1. The lowest BCUT2D eigenvalue weighted by Crippen LogP contribution is -2.26. The van der Waals surface area contributed by atoms with Crippen molar-refractivity contribution in [1.29, 1.82) is 0 Å². The van der Waals surface area contributed by atoms with E-state index in [0.29, 0.717) is 17.9 Å². The number of anilines is 2. The van der Waals surface area contributed by atoms with Crippen LogP contribution < -0.4 is 15.2 Å². The predicted molar refractivity (Wildman–Crippen MR) is 106 cm³/mol. The van der Waals surface area contributed by atoms with Crippen LogP contribution in [-0.4, -0.2) is 34.4 Å². The fourth-order valence-corrected chi connectivity index (χ4v) is 3.80. The highest BCUT2D eigenvalue weighted by molar-refractivity contribution is 5.96. The first-order chi connectivity index (χ1) is 13.5. The molecular weight excluding hydrogens is 361 g/mol. The number of aliphatic hydroxyl groups excluding tert-OH is 1. The maximum atomic E-state index is 13.9. The van der Waals surface area contributed by atoms with Crippen molar-refractivity contribution in [2.24, 2.45) is 7.05 Å².